The fraction of sp³-hybridized carbons (Fsp3) is 0.824. The smallest absolute Gasteiger partial charge is 0.170 e. The lowest BCUT2D eigenvalue weighted by Crippen LogP contribution is -2.47. The Morgan fingerprint density at radius 3 is 2.20 bits per heavy atom. The van der Waals surface area contributed by atoms with Crippen molar-refractivity contribution in [1.82, 2.24) is 5.16 Å². The molecule has 4 aliphatic carbocycles. The van der Waals surface area contributed by atoms with Crippen LogP contribution in [0.1, 0.15) is 69.6 Å². The molecule has 0 spiro atoms. The number of hydrogen-bond acceptors (Lipinski definition) is 3. The van der Waals surface area contributed by atoms with E-state index >= 15 is 0 Å². The lowest BCUT2D eigenvalue weighted by atomic mass is 9.48. The van der Waals surface area contributed by atoms with Gasteiger partial charge in [-0.3, -0.25) is 0 Å². The fourth-order valence-corrected chi connectivity index (χ4v) is 5.94. The van der Waals surface area contributed by atoms with E-state index in [-0.39, 0.29) is 0 Å². The molecule has 2 N–H and O–H groups in total. The average Bonchev–Trinajstić information content (AvgIpc) is 2.67. The summed E-state index contributed by atoms with van der Waals surface area (Å²) in [5.74, 6) is 5.07. The standard InChI is InChI=1S/C17H26N2O/c1-10(2)15-14(20-19-16(15)18)9-17-6-11-3-12(7-17)5-13(4-11)8-17/h10-13H,3-9H2,1-2H3,(H2,18,19). The van der Waals surface area contributed by atoms with E-state index < -0.39 is 0 Å². The summed E-state index contributed by atoms with van der Waals surface area (Å²) < 4.78 is 5.62. The van der Waals surface area contributed by atoms with E-state index in [1.54, 1.807) is 0 Å². The molecule has 3 nitrogen and oxygen atoms in total. The second-order valence-corrected chi connectivity index (χ2v) is 8.15. The second kappa shape index (κ2) is 4.25. The molecule has 0 aromatic carbocycles. The molecule has 1 aromatic heterocycles. The first-order valence-corrected chi connectivity index (χ1v) is 8.28. The number of hydrogen-bond donors (Lipinski definition) is 1. The van der Waals surface area contributed by atoms with E-state index in [2.05, 4.69) is 19.0 Å². The molecule has 3 heteroatoms. The highest BCUT2D eigenvalue weighted by molar-refractivity contribution is 5.43. The van der Waals surface area contributed by atoms with Crippen LogP contribution in [0, 0.1) is 23.2 Å². The normalized spacial score (nSPS) is 38.9. The SMILES string of the molecule is CC(C)c1c(N)noc1CC12CC3CC(CC(C3)C1)C2. The van der Waals surface area contributed by atoms with Gasteiger partial charge in [-0.25, -0.2) is 0 Å². The van der Waals surface area contributed by atoms with Crippen LogP contribution in [-0.2, 0) is 6.42 Å². The van der Waals surface area contributed by atoms with Crippen molar-refractivity contribution in [2.45, 2.75) is 64.7 Å². The highest BCUT2D eigenvalue weighted by Crippen LogP contribution is 2.61. The van der Waals surface area contributed by atoms with Crippen molar-refractivity contribution < 1.29 is 4.52 Å². The third-order valence-corrected chi connectivity index (χ3v) is 6.11. The number of nitrogens with two attached hydrogens (primary N) is 1. The van der Waals surface area contributed by atoms with E-state index in [0.717, 1.165) is 29.9 Å². The molecule has 5 rings (SSSR count). The summed E-state index contributed by atoms with van der Waals surface area (Å²) in [5, 5.41) is 4.04. The summed E-state index contributed by atoms with van der Waals surface area (Å²) in [7, 11) is 0. The molecule has 20 heavy (non-hydrogen) atoms. The highest BCUT2D eigenvalue weighted by atomic mass is 16.5. The Kier molecular flexibility index (Phi) is 2.71. The van der Waals surface area contributed by atoms with Crippen LogP contribution in [0.3, 0.4) is 0 Å². The fourth-order valence-electron chi connectivity index (χ4n) is 5.94. The van der Waals surface area contributed by atoms with Gasteiger partial charge in [-0.2, -0.15) is 0 Å². The summed E-state index contributed by atoms with van der Waals surface area (Å²) in [6.07, 6.45) is 9.80. The maximum Gasteiger partial charge on any atom is 0.170 e. The zero-order valence-corrected chi connectivity index (χ0v) is 12.7. The maximum absolute atomic E-state index is 6.00. The van der Waals surface area contributed by atoms with Gasteiger partial charge in [0.05, 0.1) is 0 Å². The third-order valence-electron chi connectivity index (χ3n) is 6.11. The van der Waals surface area contributed by atoms with Gasteiger partial charge in [-0.15, -0.1) is 0 Å². The van der Waals surface area contributed by atoms with E-state index in [9.17, 15) is 0 Å². The van der Waals surface area contributed by atoms with Gasteiger partial charge >= 0.3 is 0 Å². The zero-order chi connectivity index (χ0) is 13.9. The van der Waals surface area contributed by atoms with Gasteiger partial charge in [-0.05, 0) is 67.6 Å². The van der Waals surface area contributed by atoms with Gasteiger partial charge in [-0.1, -0.05) is 19.0 Å². The molecule has 0 atom stereocenters. The predicted molar refractivity (Wildman–Crippen MR) is 79.3 cm³/mol. The van der Waals surface area contributed by atoms with E-state index in [1.165, 1.54) is 44.1 Å². The van der Waals surface area contributed by atoms with E-state index in [4.69, 9.17) is 10.3 Å². The van der Waals surface area contributed by atoms with Gasteiger partial charge in [0.1, 0.15) is 5.76 Å². The first-order valence-electron chi connectivity index (χ1n) is 8.28. The summed E-state index contributed by atoms with van der Waals surface area (Å²) in [6.45, 7) is 4.37. The molecule has 0 amide bonds. The Morgan fingerprint density at radius 2 is 1.70 bits per heavy atom. The van der Waals surface area contributed by atoms with Crippen LogP contribution in [-0.4, -0.2) is 5.16 Å². The molecule has 110 valence electrons. The number of nitrogens with zero attached hydrogens (tertiary/aromatic N) is 1. The highest BCUT2D eigenvalue weighted by Gasteiger charge is 2.51. The molecule has 0 radical (unpaired) electrons. The Labute approximate surface area is 121 Å². The van der Waals surface area contributed by atoms with E-state index in [1.807, 2.05) is 0 Å². The minimum absolute atomic E-state index is 0.408. The topological polar surface area (TPSA) is 52.0 Å². The third kappa shape index (κ3) is 1.89. The Balaban J connectivity index is 1.63. The molecule has 4 fully saturated rings. The lowest BCUT2D eigenvalue weighted by molar-refractivity contribution is -0.0551. The molecular weight excluding hydrogens is 248 g/mol. The number of nitrogen functional groups attached to an aromatic ring is 1. The van der Waals surface area contributed by atoms with E-state index in [0.29, 0.717) is 17.2 Å². The van der Waals surface area contributed by atoms with Crippen molar-refractivity contribution >= 4 is 5.82 Å². The summed E-state index contributed by atoms with van der Waals surface area (Å²) in [6, 6.07) is 0. The van der Waals surface area contributed by atoms with Gasteiger partial charge in [0, 0.05) is 12.0 Å². The number of rotatable bonds is 3. The zero-order valence-electron chi connectivity index (χ0n) is 12.7. The average molecular weight is 274 g/mol. The molecule has 4 bridgehead atoms. The van der Waals surface area contributed by atoms with Crippen LogP contribution in [0.2, 0.25) is 0 Å². The quantitative estimate of drug-likeness (QED) is 0.901. The number of aromatic nitrogens is 1. The molecule has 4 saturated carbocycles. The molecule has 0 aliphatic heterocycles. The maximum atomic E-state index is 6.00. The second-order valence-electron chi connectivity index (χ2n) is 8.15. The van der Waals surface area contributed by atoms with Crippen LogP contribution in [0.25, 0.3) is 0 Å². The minimum Gasteiger partial charge on any atom is -0.381 e. The van der Waals surface area contributed by atoms with Crippen molar-refractivity contribution in [2.24, 2.45) is 23.2 Å². The van der Waals surface area contributed by atoms with Crippen molar-refractivity contribution in [1.29, 1.82) is 0 Å². The largest absolute Gasteiger partial charge is 0.381 e. The first-order chi connectivity index (χ1) is 9.55. The molecule has 0 unspecified atom stereocenters. The monoisotopic (exact) mass is 274 g/mol. The van der Waals surface area contributed by atoms with Crippen LogP contribution < -0.4 is 5.73 Å². The van der Waals surface area contributed by atoms with Crippen molar-refractivity contribution in [3.8, 4) is 0 Å². The molecular formula is C17H26N2O. The number of anilines is 1. The molecule has 1 aromatic rings. The molecule has 0 saturated heterocycles. The Hall–Kier alpha value is -0.990. The van der Waals surface area contributed by atoms with Gasteiger partial charge in [0.25, 0.3) is 0 Å². The van der Waals surface area contributed by atoms with Crippen LogP contribution in [0.4, 0.5) is 5.82 Å². The van der Waals surface area contributed by atoms with Gasteiger partial charge in [0.2, 0.25) is 0 Å². The van der Waals surface area contributed by atoms with Crippen molar-refractivity contribution in [2.75, 3.05) is 5.73 Å². The Bertz CT molecular complexity index is 482. The summed E-state index contributed by atoms with van der Waals surface area (Å²) in [4.78, 5) is 0. The summed E-state index contributed by atoms with van der Waals surface area (Å²) in [5.41, 5.74) is 7.68. The van der Waals surface area contributed by atoms with Gasteiger partial charge in [0.15, 0.2) is 5.82 Å². The molecule has 1 heterocycles. The summed E-state index contributed by atoms with van der Waals surface area (Å²) >= 11 is 0. The Morgan fingerprint density at radius 1 is 1.15 bits per heavy atom. The predicted octanol–water partition coefficient (Wildman–Crippen LogP) is 4.14. The minimum atomic E-state index is 0.408. The van der Waals surface area contributed by atoms with Gasteiger partial charge < -0.3 is 10.3 Å². The lowest BCUT2D eigenvalue weighted by Gasteiger charge is -2.56. The molecule has 4 aliphatic rings. The first kappa shape index (κ1) is 12.7. The van der Waals surface area contributed by atoms with Crippen LogP contribution in [0.5, 0.6) is 0 Å². The van der Waals surface area contributed by atoms with Crippen molar-refractivity contribution in [3.63, 3.8) is 0 Å². The van der Waals surface area contributed by atoms with Crippen LogP contribution >= 0.6 is 0 Å². The van der Waals surface area contributed by atoms with Crippen LogP contribution in [0.15, 0.2) is 4.52 Å². The van der Waals surface area contributed by atoms with Crippen molar-refractivity contribution in [3.05, 3.63) is 11.3 Å².